The Hall–Kier alpha value is -0.780. The Bertz CT molecular complexity index is 422. The lowest BCUT2D eigenvalue weighted by Crippen LogP contribution is -2.26. The minimum atomic E-state index is 0.873. The molecule has 0 nitrogen and oxygen atoms in total. The third kappa shape index (κ3) is 3.90. The zero-order valence-corrected chi connectivity index (χ0v) is 14.0. The zero-order valence-electron chi connectivity index (χ0n) is 14.0. The van der Waals surface area contributed by atoms with Gasteiger partial charge < -0.3 is 0 Å². The molecule has 1 aromatic carbocycles. The highest BCUT2D eigenvalue weighted by Crippen LogP contribution is 2.42. The number of hydrogen-bond acceptors (Lipinski definition) is 0. The average Bonchev–Trinajstić information content (AvgIpc) is 2.88. The summed E-state index contributed by atoms with van der Waals surface area (Å²) >= 11 is 0. The van der Waals surface area contributed by atoms with Crippen LogP contribution in [0, 0.1) is 23.7 Å². The van der Waals surface area contributed by atoms with Gasteiger partial charge in [-0.1, -0.05) is 70.2 Å². The van der Waals surface area contributed by atoms with Crippen molar-refractivity contribution in [3.8, 4) is 0 Å². The minimum absolute atomic E-state index is 0.873. The van der Waals surface area contributed by atoms with Crippen molar-refractivity contribution in [3.63, 3.8) is 0 Å². The molecule has 0 aromatic heterocycles. The Balaban J connectivity index is 0.000000126. The van der Waals surface area contributed by atoms with Crippen LogP contribution in [0.5, 0.6) is 0 Å². The Kier molecular flexibility index (Phi) is 5.03. The summed E-state index contributed by atoms with van der Waals surface area (Å²) in [7, 11) is 0. The van der Waals surface area contributed by atoms with Gasteiger partial charge in [0.25, 0.3) is 0 Å². The van der Waals surface area contributed by atoms with Gasteiger partial charge in [-0.05, 0) is 60.5 Å². The van der Waals surface area contributed by atoms with Crippen LogP contribution < -0.4 is 0 Å². The maximum Gasteiger partial charge on any atom is -0.0247 e. The van der Waals surface area contributed by atoms with Crippen molar-refractivity contribution in [1.82, 2.24) is 0 Å². The molecule has 21 heavy (non-hydrogen) atoms. The van der Waals surface area contributed by atoms with Crippen molar-refractivity contribution in [2.45, 2.75) is 71.6 Å². The van der Waals surface area contributed by atoms with Crippen LogP contribution >= 0.6 is 0 Å². The molecule has 116 valence electrons. The van der Waals surface area contributed by atoms with Crippen LogP contribution in [0.2, 0.25) is 0 Å². The standard InChI is InChI=1S/C11H20.C10H12/c1-9-6-7-10-4-2-3-5-11(10)8-9;1-8-6-9-4-2-3-5-10(9)7-8/h9-11H,2-8H2,1H3;2-5,8H,6-7H2,1H3. The third-order valence-electron chi connectivity index (χ3n) is 6.06. The van der Waals surface area contributed by atoms with Crippen molar-refractivity contribution in [2.75, 3.05) is 0 Å². The van der Waals surface area contributed by atoms with Gasteiger partial charge in [-0.2, -0.15) is 0 Å². The molecule has 0 spiro atoms. The van der Waals surface area contributed by atoms with Crippen LogP contribution in [0.15, 0.2) is 24.3 Å². The fraction of sp³-hybridized carbons (Fsp3) is 0.714. The maximum absolute atomic E-state index is 2.44. The highest BCUT2D eigenvalue weighted by Gasteiger charge is 2.30. The van der Waals surface area contributed by atoms with E-state index in [4.69, 9.17) is 0 Å². The van der Waals surface area contributed by atoms with E-state index in [-0.39, 0.29) is 0 Å². The van der Waals surface area contributed by atoms with Crippen molar-refractivity contribution in [2.24, 2.45) is 23.7 Å². The van der Waals surface area contributed by atoms with Gasteiger partial charge in [0.05, 0.1) is 0 Å². The van der Waals surface area contributed by atoms with Gasteiger partial charge in [0.1, 0.15) is 0 Å². The summed E-state index contributed by atoms with van der Waals surface area (Å²) in [5, 5.41) is 0. The molecule has 3 aliphatic rings. The van der Waals surface area contributed by atoms with Crippen LogP contribution in [0.3, 0.4) is 0 Å². The van der Waals surface area contributed by atoms with E-state index in [1.807, 2.05) is 0 Å². The number of fused-ring (bicyclic) bond motifs is 2. The molecule has 2 saturated carbocycles. The first-order chi connectivity index (χ1) is 10.2. The molecule has 3 aliphatic carbocycles. The molecule has 0 amide bonds. The molecule has 0 heterocycles. The number of benzene rings is 1. The van der Waals surface area contributed by atoms with E-state index < -0.39 is 0 Å². The minimum Gasteiger partial charge on any atom is -0.0625 e. The third-order valence-corrected chi connectivity index (χ3v) is 6.06. The Morgan fingerprint density at radius 1 is 0.714 bits per heavy atom. The van der Waals surface area contributed by atoms with E-state index in [2.05, 4.69) is 38.1 Å². The van der Waals surface area contributed by atoms with E-state index in [1.54, 1.807) is 36.8 Å². The fourth-order valence-corrected chi connectivity index (χ4v) is 4.89. The van der Waals surface area contributed by atoms with Gasteiger partial charge in [-0.25, -0.2) is 0 Å². The molecular weight excluding hydrogens is 252 g/mol. The van der Waals surface area contributed by atoms with Crippen LogP contribution in [0.4, 0.5) is 0 Å². The molecule has 0 aliphatic heterocycles. The summed E-state index contributed by atoms with van der Waals surface area (Å²) in [5.74, 6) is 4.18. The van der Waals surface area contributed by atoms with E-state index in [0.717, 1.165) is 23.7 Å². The smallest absolute Gasteiger partial charge is 0.0247 e. The summed E-state index contributed by atoms with van der Waals surface area (Å²) < 4.78 is 0. The first kappa shape index (κ1) is 15.1. The van der Waals surface area contributed by atoms with Crippen molar-refractivity contribution in [3.05, 3.63) is 35.4 Å². The molecule has 0 bridgehead atoms. The molecule has 3 unspecified atom stereocenters. The Morgan fingerprint density at radius 3 is 2.00 bits per heavy atom. The van der Waals surface area contributed by atoms with E-state index >= 15 is 0 Å². The molecule has 1 aromatic rings. The molecular formula is C21H32. The summed E-state index contributed by atoms with van der Waals surface area (Å²) in [5.41, 5.74) is 3.13. The highest BCUT2D eigenvalue weighted by molar-refractivity contribution is 5.31. The molecule has 0 heteroatoms. The van der Waals surface area contributed by atoms with Crippen molar-refractivity contribution >= 4 is 0 Å². The van der Waals surface area contributed by atoms with Gasteiger partial charge in [-0.15, -0.1) is 0 Å². The SMILES string of the molecule is CC1CCC2CCCCC2C1.CC1Cc2ccccc2C1. The van der Waals surface area contributed by atoms with Gasteiger partial charge in [0.2, 0.25) is 0 Å². The number of rotatable bonds is 0. The predicted molar refractivity (Wildman–Crippen MR) is 91.5 cm³/mol. The summed E-state index contributed by atoms with van der Waals surface area (Å²) in [6.07, 6.45) is 13.3. The van der Waals surface area contributed by atoms with Gasteiger partial charge in [0, 0.05) is 0 Å². The molecule has 2 fully saturated rings. The van der Waals surface area contributed by atoms with E-state index in [1.165, 1.54) is 32.1 Å². The van der Waals surface area contributed by atoms with Gasteiger partial charge in [0.15, 0.2) is 0 Å². The summed E-state index contributed by atoms with van der Waals surface area (Å²) in [6, 6.07) is 8.77. The second-order valence-corrected chi connectivity index (χ2v) is 8.00. The molecule has 0 N–H and O–H groups in total. The highest BCUT2D eigenvalue weighted by atomic mass is 14.4. The second kappa shape index (κ2) is 6.99. The van der Waals surface area contributed by atoms with E-state index in [0.29, 0.717) is 0 Å². The molecule has 0 radical (unpaired) electrons. The summed E-state index contributed by atoms with van der Waals surface area (Å²) in [6.45, 7) is 4.75. The topological polar surface area (TPSA) is 0 Å². The first-order valence-corrected chi connectivity index (χ1v) is 9.29. The molecule has 3 atom stereocenters. The zero-order chi connectivity index (χ0) is 14.7. The average molecular weight is 284 g/mol. The van der Waals surface area contributed by atoms with Crippen LogP contribution in [-0.2, 0) is 12.8 Å². The van der Waals surface area contributed by atoms with Crippen LogP contribution in [0.1, 0.15) is 69.9 Å². The van der Waals surface area contributed by atoms with E-state index in [9.17, 15) is 0 Å². The number of hydrogen-bond donors (Lipinski definition) is 0. The quantitative estimate of drug-likeness (QED) is 0.545. The van der Waals surface area contributed by atoms with Crippen molar-refractivity contribution < 1.29 is 0 Å². The molecule has 4 rings (SSSR count). The van der Waals surface area contributed by atoms with Gasteiger partial charge in [-0.3, -0.25) is 0 Å². The largest absolute Gasteiger partial charge is 0.0625 e. The lowest BCUT2D eigenvalue weighted by molar-refractivity contribution is 0.137. The van der Waals surface area contributed by atoms with Crippen LogP contribution in [0.25, 0.3) is 0 Å². The Labute approximate surface area is 131 Å². The van der Waals surface area contributed by atoms with Crippen molar-refractivity contribution in [1.29, 1.82) is 0 Å². The van der Waals surface area contributed by atoms with Crippen LogP contribution in [-0.4, -0.2) is 0 Å². The normalized spacial score (nSPS) is 31.8. The first-order valence-electron chi connectivity index (χ1n) is 9.29. The fourth-order valence-electron chi connectivity index (χ4n) is 4.89. The second-order valence-electron chi connectivity index (χ2n) is 8.00. The lowest BCUT2D eigenvalue weighted by Gasteiger charge is -2.38. The maximum atomic E-state index is 2.44. The summed E-state index contributed by atoms with van der Waals surface area (Å²) in [4.78, 5) is 0. The predicted octanol–water partition coefficient (Wildman–Crippen LogP) is 6.03. The molecule has 0 saturated heterocycles. The monoisotopic (exact) mass is 284 g/mol. The van der Waals surface area contributed by atoms with Gasteiger partial charge >= 0.3 is 0 Å². The Morgan fingerprint density at radius 2 is 1.33 bits per heavy atom. The lowest BCUT2D eigenvalue weighted by atomic mass is 9.68.